The van der Waals surface area contributed by atoms with Crippen LogP contribution in [0.15, 0.2) is 48.1 Å². The van der Waals surface area contributed by atoms with Gasteiger partial charge >= 0.3 is 0 Å². The number of nitrogens with one attached hydrogen (secondary N) is 1. The van der Waals surface area contributed by atoms with E-state index in [4.69, 9.17) is 0 Å². The van der Waals surface area contributed by atoms with Gasteiger partial charge in [-0.1, -0.05) is 49.8 Å². The number of piperidine rings is 1. The van der Waals surface area contributed by atoms with Crippen LogP contribution in [0, 0.1) is 0 Å². The average molecular weight is 498 g/mol. The van der Waals surface area contributed by atoms with Crippen molar-refractivity contribution in [3.05, 3.63) is 64.9 Å². The number of likely N-dealkylation sites (N-methyl/N-ethyl adjacent to an activating group) is 1. The third-order valence-electron chi connectivity index (χ3n) is 6.75. The number of aromatic nitrogens is 1. The Kier molecular flexibility index (Phi) is 9.29. The molecule has 0 spiro atoms. The zero-order valence-electron chi connectivity index (χ0n) is 22.6. The smallest absolute Gasteiger partial charge is 0.251 e. The molecule has 1 amide bonds. The number of hydrogen-bond acceptors (Lipinski definition) is 2. The van der Waals surface area contributed by atoms with E-state index in [0.29, 0.717) is 24.9 Å². The first kappa shape index (κ1) is 27.9. The lowest BCUT2D eigenvalue weighted by molar-refractivity contribution is -0.133. The SMILES string of the molecule is C=C(C)/C=C(\C=C(C)C)c1[nH]c2ccc(C3CCN(C(=O)CN(C)CC(F)F)CC3)cc2c1C(C)C. The Balaban J connectivity index is 1.83. The maximum absolute atomic E-state index is 12.6. The molecular weight excluding hydrogens is 456 g/mol. The molecule has 0 aliphatic carbocycles. The number of H-pyrrole nitrogens is 1. The lowest BCUT2D eigenvalue weighted by Crippen LogP contribution is -2.43. The highest BCUT2D eigenvalue weighted by atomic mass is 19.3. The van der Waals surface area contributed by atoms with Gasteiger partial charge in [0.15, 0.2) is 0 Å². The van der Waals surface area contributed by atoms with Crippen molar-refractivity contribution < 1.29 is 13.6 Å². The first-order valence-electron chi connectivity index (χ1n) is 12.9. The van der Waals surface area contributed by atoms with Crippen LogP contribution in [0.5, 0.6) is 0 Å². The molecule has 0 atom stereocenters. The number of halogens is 2. The monoisotopic (exact) mass is 497 g/mol. The molecule has 0 saturated carbocycles. The highest BCUT2D eigenvalue weighted by molar-refractivity contribution is 5.92. The van der Waals surface area contributed by atoms with Gasteiger partial charge in [0.2, 0.25) is 5.91 Å². The predicted octanol–water partition coefficient (Wildman–Crippen LogP) is 7.12. The van der Waals surface area contributed by atoms with E-state index in [1.54, 1.807) is 7.05 Å². The summed E-state index contributed by atoms with van der Waals surface area (Å²) in [6.07, 6.45) is 3.67. The summed E-state index contributed by atoms with van der Waals surface area (Å²) in [5, 5.41) is 1.25. The van der Waals surface area contributed by atoms with Gasteiger partial charge in [-0.05, 0) is 81.3 Å². The third kappa shape index (κ3) is 6.94. The average Bonchev–Trinajstić information content (AvgIpc) is 3.16. The van der Waals surface area contributed by atoms with Crippen LogP contribution in [0.1, 0.15) is 76.1 Å². The normalized spacial score (nSPS) is 15.4. The summed E-state index contributed by atoms with van der Waals surface area (Å²) < 4.78 is 25.2. The van der Waals surface area contributed by atoms with Gasteiger partial charge in [0.25, 0.3) is 6.43 Å². The van der Waals surface area contributed by atoms with Gasteiger partial charge < -0.3 is 9.88 Å². The predicted molar refractivity (Wildman–Crippen MR) is 147 cm³/mol. The van der Waals surface area contributed by atoms with Gasteiger partial charge in [-0.25, -0.2) is 8.78 Å². The Morgan fingerprint density at radius 3 is 2.42 bits per heavy atom. The molecule has 0 unspecified atom stereocenters. The minimum Gasteiger partial charge on any atom is -0.354 e. The standard InChI is InChI=1S/C30H41F2N3O/c1-19(2)14-24(15-20(3)4)30-29(21(5)6)25-16-23(8-9-26(25)33-30)22-10-12-35(13-11-22)28(36)18-34(7)17-27(31)32/h8-9,14-16,21-22,27,33H,1,10-13,17-18H2,2-7H3/b24-14+. The van der Waals surface area contributed by atoms with E-state index in [2.05, 4.69) is 69.6 Å². The fourth-order valence-corrected chi connectivity index (χ4v) is 5.17. The van der Waals surface area contributed by atoms with Crippen LogP contribution < -0.4 is 0 Å². The molecular formula is C30H41F2N3O. The topological polar surface area (TPSA) is 39.3 Å². The number of rotatable bonds is 9. The Hall–Kier alpha value is -2.73. The van der Waals surface area contributed by atoms with Crippen molar-refractivity contribution >= 4 is 22.4 Å². The molecule has 1 aromatic heterocycles. The van der Waals surface area contributed by atoms with Crippen molar-refractivity contribution in [2.45, 2.75) is 65.7 Å². The van der Waals surface area contributed by atoms with Gasteiger partial charge in [-0.15, -0.1) is 0 Å². The van der Waals surface area contributed by atoms with Crippen LogP contribution in [-0.2, 0) is 4.79 Å². The van der Waals surface area contributed by atoms with Crippen molar-refractivity contribution in [2.75, 3.05) is 33.2 Å². The second kappa shape index (κ2) is 12.0. The molecule has 0 bridgehead atoms. The number of carbonyl (C=O) groups is 1. The van der Waals surface area contributed by atoms with E-state index in [1.165, 1.54) is 27.0 Å². The molecule has 1 N–H and O–H groups in total. The molecule has 0 radical (unpaired) electrons. The summed E-state index contributed by atoms with van der Waals surface area (Å²) in [7, 11) is 1.57. The van der Waals surface area contributed by atoms with E-state index in [1.807, 2.05) is 11.8 Å². The van der Waals surface area contributed by atoms with Gasteiger partial charge in [0.05, 0.1) is 13.1 Å². The van der Waals surface area contributed by atoms with Gasteiger partial charge in [-0.3, -0.25) is 9.69 Å². The number of amides is 1. The highest BCUT2D eigenvalue weighted by Gasteiger charge is 2.26. The molecule has 196 valence electrons. The summed E-state index contributed by atoms with van der Waals surface area (Å²) in [4.78, 5) is 19.5. The van der Waals surface area contributed by atoms with Crippen LogP contribution in [0.4, 0.5) is 8.78 Å². The minimum atomic E-state index is -2.43. The zero-order chi connectivity index (χ0) is 26.6. The quantitative estimate of drug-likeness (QED) is 0.375. The number of carbonyl (C=O) groups excluding carboxylic acids is 1. The summed E-state index contributed by atoms with van der Waals surface area (Å²) in [6.45, 7) is 15.8. The van der Waals surface area contributed by atoms with Gasteiger partial charge in [-0.2, -0.15) is 0 Å². The Morgan fingerprint density at radius 1 is 1.19 bits per heavy atom. The maximum Gasteiger partial charge on any atom is 0.251 e. The molecule has 1 saturated heterocycles. The second-order valence-corrected chi connectivity index (χ2v) is 10.8. The van der Waals surface area contributed by atoms with Crippen molar-refractivity contribution in [2.24, 2.45) is 0 Å². The number of hydrogen-bond donors (Lipinski definition) is 1. The van der Waals surface area contributed by atoms with Crippen LogP contribution >= 0.6 is 0 Å². The minimum absolute atomic E-state index is 0.0382. The Morgan fingerprint density at radius 2 is 1.86 bits per heavy atom. The molecule has 1 aromatic carbocycles. The van der Waals surface area contributed by atoms with E-state index in [-0.39, 0.29) is 19.0 Å². The maximum atomic E-state index is 12.6. The fourth-order valence-electron chi connectivity index (χ4n) is 5.17. The van der Waals surface area contributed by atoms with Crippen LogP contribution in [0.3, 0.4) is 0 Å². The first-order valence-corrected chi connectivity index (χ1v) is 12.9. The largest absolute Gasteiger partial charge is 0.354 e. The molecule has 3 rings (SSSR count). The fraction of sp³-hybridized carbons (Fsp3) is 0.500. The molecule has 4 nitrogen and oxygen atoms in total. The first-order chi connectivity index (χ1) is 17.0. The highest BCUT2D eigenvalue weighted by Crippen LogP contribution is 2.37. The molecule has 2 heterocycles. The number of allylic oxidation sites excluding steroid dienone is 5. The van der Waals surface area contributed by atoms with E-state index >= 15 is 0 Å². The molecule has 6 heteroatoms. The van der Waals surface area contributed by atoms with Crippen molar-refractivity contribution in [1.29, 1.82) is 0 Å². The summed E-state index contributed by atoms with van der Waals surface area (Å²) in [5.74, 6) is 0.645. The summed E-state index contributed by atoms with van der Waals surface area (Å²) in [5.41, 5.74) is 8.27. The number of nitrogens with zero attached hydrogens (tertiary/aromatic N) is 2. The lowest BCUT2D eigenvalue weighted by atomic mass is 9.87. The van der Waals surface area contributed by atoms with Gasteiger partial charge in [0, 0.05) is 29.7 Å². The van der Waals surface area contributed by atoms with Crippen LogP contribution in [0.25, 0.3) is 16.5 Å². The van der Waals surface area contributed by atoms with E-state index in [0.717, 1.165) is 35.2 Å². The summed E-state index contributed by atoms with van der Waals surface area (Å²) >= 11 is 0. The number of fused-ring (bicyclic) bond motifs is 1. The van der Waals surface area contributed by atoms with Crippen molar-refractivity contribution in [3.8, 4) is 0 Å². The molecule has 1 fully saturated rings. The number of aromatic amines is 1. The van der Waals surface area contributed by atoms with Crippen molar-refractivity contribution in [1.82, 2.24) is 14.8 Å². The van der Waals surface area contributed by atoms with Gasteiger partial charge in [0.1, 0.15) is 0 Å². The number of likely N-dealkylation sites (tertiary alicyclic amines) is 1. The Bertz CT molecular complexity index is 1150. The van der Waals surface area contributed by atoms with Crippen molar-refractivity contribution in [3.63, 3.8) is 0 Å². The zero-order valence-corrected chi connectivity index (χ0v) is 22.6. The summed E-state index contributed by atoms with van der Waals surface area (Å²) in [6, 6.07) is 6.70. The van der Waals surface area contributed by atoms with Crippen LogP contribution in [0.2, 0.25) is 0 Å². The van der Waals surface area contributed by atoms with E-state index < -0.39 is 6.43 Å². The Labute approximate surface area is 214 Å². The van der Waals surface area contributed by atoms with E-state index in [9.17, 15) is 13.6 Å². The molecule has 36 heavy (non-hydrogen) atoms. The van der Waals surface area contributed by atoms with Crippen LogP contribution in [-0.4, -0.2) is 60.3 Å². The number of alkyl halides is 2. The third-order valence-corrected chi connectivity index (χ3v) is 6.75. The molecule has 2 aromatic rings. The lowest BCUT2D eigenvalue weighted by Gasteiger charge is -2.33. The molecule has 1 aliphatic heterocycles. The second-order valence-electron chi connectivity index (χ2n) is 10.8. The number of benzene rings is 1. The molecule has 1 aliphatic rings.